The van der Waals surface area contributed by atoms with Gasteiger partial charge in [-0.05, 0) is 51.3 Å². The van der Waals surface area contributed by atoms with Gasteiger partial charge in [-0.1, -0.05) is 25.1 Å². The number of benzene rings is 1. The minimum Gasteiger partial charge on any atom is -0.465 e. The van der Waals surface area contributed by atoms with E-state index in [1.54, 1.807) is 0 Å². The number of carbonyl (C=O) groups is 1. The molecule has 116 valence electrons. The van der Waals surface area contributed by atoms with Crippen molar-refractivity contribution in [2.24, 2.45) is 0 Å². The van der Waals surface area contributed by atoms with Gasteiger partial charge in [0.25, 0.3) is 0 Å². The summed E-state index contributed by atoms with van der Waals surface area (Å²) >= 11 is 1.87. The molecule has 1 aliphatic rings. The lowest BCUT2D eigenvalue weighted by Crippen LogP contribution is -2.51. The molecule has 1 fully saturated rings. The SMILES string of the molecule is CCCNC1(C(=O)OCC)CCC(Sc2ccccc2)C1. The van der Waals surface area contributed by atoms with Crippen molar-refractivity contribution in [3.05, 3.63) is 30.3 Å². The highest BCUT2D eigenvalue weighted by molar-refractivity contribution is 8.00. The fraction of sp³-hybridized carbons (Fsp3) is 0.588. The first kappa shape index (κ1) is 16.4. The van der Waals surface area contributed by atoms with E-state index in [2.05, 4.69) is 36.5 Å². The first-order valence-corrected chi connectivity index (χ1v) is 8.72. The molecule has 0 radical (unpaired) electrons. The van der Waals surface area contributed by atoms with Crippen molar-refractivity contribution >= 4 is 17.7 Å². The Bertz CT molecular complexity index is 451. The summed E-state index contributed by atoms with van der Waals surface area (Å²) in [7, 11) is 0. The second-order valence-electron chi connectivity index (χ2n) is 5.53. The van der Waals surface area contributed by atoms with Gasteiger partial charge in [-0.2, -0.15) is 0 Å². The van der Waals surface area contributed by atoms with Crippen LogP contribution in [0, 0.1) is 0 Å². The van der Waals surface area contributed by atoms with Crippen LogP contribution in [0.15, 0.2) is 35.2 Å². The molecule has 0 heterocycles. The van der Waals surface area contributed by atoms with Crippen molar-refractivity contribution < 1.29 is 9.53 Å². The maximum atomic E-state index is 12.4. The predicted octanol–water partition coefficient (Wildman–Crippen LogP) is 3.63. The Kier molecular flexibility index (Phi) is 6.12. The number of hydrogen-bond donors (Lipinski definition) is 1. The molecule has 3 nitrogen and oxygen atoms in total. The van der Waals surface area contributed by atoms with Crippen LogP contribution in [0.1, 0.15) is 39.5 Å². The predicted molar refractivity (Wildman–Crippen MR) is 87.6 cm³/mol. The molecule has 1 aromatic carbocycles. The minimum absolute atomic E-state index is 0.0744. The number of carbonyl (C=O) groups excluding carboxylic acids is 1. The topological polar surface area (TPSA) is 38.3 Å². The molecule has 2 rings (SSSR count). The Morgan fingerprint density at radius 3 is 2.81 bits per heavy atom. The average Bonchev–Trinajstić information content (AvgIpc) is 2.91. The highest BCUT2D eigenvalue weighted by atomic mass is 32.2. The van der Waals surface area contributed by atoms with Crippen molar-refractivity contribution in [2.75, 3.05) is 13.2 Å². The van der Waals surface area contributed by atoms with Crippen molar-refractivity contribution in [3.8, 4) is 0 Å². The molecule has 2 atom stereocenters. The van der Waals surface area contributed by atoms with E-state index in [1.165, 1.54) is 4.90 Å². The molecule has 1 aromatic rings. The third kappa shape index (κ3) is 4.24. The monoisotopic (exact) mass is 307 g/mol. The molecule has 4 heteroatoms. The van der Waals surface area contributed by atoms with Gasteiger partial charge in [0.1, 0.15) is 5.54 Å². The van der Waals surface area contributed by atoms with Crippen LogP contribution in [-0.2, 0) is 9.53 Å². The van der Waals surface area contributed by atoms with E-state index < -0.39 is 5.54 Å². The molecular weight excluding hydrogens is 282 g/mol. The maximum Gasteiger partial charge on any atom is 0.326 e. The van der Waals surface area contributed by atoms with Gasteiger partial charge in [0.2, 0.25) is 0 Å². The van der Waals surface area contributed by atoms with Crippen LogP contribution in [0.5, 0.6) is 0 Å². The third-order valence-corrected chi connectivity index (χ3v) is 5.17. The summed E-state index contributed by atoms with van der Waals surface area (Å²) in [5.74, 6) is -0.0744. The molecule has 2 unspecified atom stereocenters. The van der Waals surface area contributed by atoms with E-state index in [1.807, 2.05) is 24.8 Å². The Hall–Kier alpha value is -1.00. The number of rotatable bonds is 7. The van der Waals surface area contributed by atoms with Crippen LogP contribution < -0.4 is 5.32 Å². The highest BCUT2D eigenvalue weighted by Crippen LogP contribution is 2.40. The molecule has 0 amide bonds. The molecular formula is C17H25NO2S. The maximum absolute atomic E-state index is 12.4. The van der Waals surface area contributed by atoms with Gasteiger partial charge in [0.05, 0.1) is 6.61 Å². The zero-order chi connectivity index (χ0) is 15.1. The molecule has 0 aromatic heterocycles. The smallest absolute Gasteiger partial charge is 0.326 e. The number of esters is 1. The zero-order valence-electron chi connectivity index (χ0n) is 12.9. The summed E-state index contributed by atoms with van der Waals surface area (Å²) in [5, 5.41) is 3.93. The van der Waals surface area contributed by atoms with Crippen LogP contribution >= 0.6 is 11.8 Å². The second kappa shape index (κ2) is 7.85. The Labute approximate surface area is 131 Å². The Balaban J connectivity index is 2.01. The fourth-order valence-electron chi connectivity index (χ4n) is 2.84. The first-order valence-electron chi connectivity index (χ1n) is 7.84. The van der Waals surface area contributed by atoms with Gasteiger partial charge in [-0.15, -0.1) is 11.8 Å². The second-order valence-corrected chi connectivity index (χ2v) is 6.90. The first-order chi connectivity index (χ1) is 10.2. The van der Waals surface area contributed by atoms with Gasteiger partial charge < -0.3 is 10.1 Å². The Morgan fingerprint density at radius 1 is 1.38 bits per heavy atom. The molecule has 0 aliphatic heterocycles. The van der Waals surface area contributed by atoms with Gasteiger partial charge in [0.15, 0.2) is 0 Å². The largest absolute Gasteiger partial charge is 0.465 e. The molecule has 0 bridgehead atoms. The van der Waals surface area contributed by atoms with E-state index in [9.17, 15) is 4.79 Å². The molecule has 21 heavy (non-hydrogen) atoms. The van der Waals surface area contributed by atoms with Crippen LogP contribution in [0.4, 0.5) is 0 Å². The van der Waals surface area contributed by atoms with Crippen LogP contribution in [0.3, 0.4) is 0 Å². The molecule has 1 aliphatic carbocycles. The summed E-state index contributed by atoms with van der Waals surface area (Å²) in [6, 6.07) is 10.4. The quantitative estimate of drug-likeness (QED) is 0.781. The molecule has 1 N–H and O–H groups in total. The number of hydrogen-bond acceptors (Lipinski definition) is 4. The summed E-state index contributed by atoms with van der Waals surface area (Å²) in [5.41, 5.74) is -0.474. The van der Waals surface area contributed by atoms with Crippen molar-refractivity contribution in [1.29, 1.82) is 0 Å². The van der Waals surface area contributed by atoms with Gasteiger partial charge in [-0.25, -0.2) is 0 Å². The summed E-state index contributed by atoms with van der Waals surface area (Å²) in [6.45, 7) is 5.31. The minimum atomic E-state index is -0.474. The number of thioether (sulfide) groups is 1. The lowest BCUT2D eigenvalue weighted by molar-refractivity contribution is -0.151. The standard InChI is InChI=1S/C17H25NO2S/c1-3-12-18-17(16(19)20-4-2)11-10-15(13-17)21-14-8-6-5-7-9-14/h5-9,15,18H,3-4,10-13H2,1-2H3. The van der Waals surface area contributed by atoms with E-state index in [0.29, 0.717) is 11.9 Å². The number of ether oxygens (including phenoxy) is 1. The van der Waals surface area contributed by atoms with Crippen LogP contribution in [-0.4, -0.2) is 29.9 Å². The third-order valence-electron chi connectivity index (χ3n) is 3.89. The van der Waals surface area contributed by atoms with Gasteiger partial charge in [0, 0.05) is 10.1 Å². The summed E-state index contributed by atoms with van der Waals surface area (Å²) in [4.78, 5) is 13.7. The van der Waals surface area contributed by atoms with Crippen molar-refractivity contribution in [2.45, 2.75) is 55.2 Å². The molecule has 1 saturated carbocycles. The lowest BCUT2D eigenvalue weighted by atomic mass is 9.97. The van der Waals surface area contributed by atoms with E-state index in [-0.39, 0.29) is 5.97 Å². The molecule has 0 saturated heterocycles. The Morgan fingerprint density at radius 2 is 2.14 bits per heavy atom. The van der Waals surface area contributed by atoms with Crippen molar-refractivity contribution in [1.82, 2.24) is 5.32 Å². The van der Waals surface area contributed by atoms with Gasteiger partial charge in [-0.3, -0.25) is 4.79 Å². The van der Waals surface area contributed by atoms with E-state index in [4.69, 9.17) is 4.74 Å². The zero-order valence-corrected chi connectivity index (χ0v) is 13.7. The fourth-order valence-corrected chi connectivity index (χ4v) is 4.15. The summed E-state index contributed by atoms with van der Waals surface area (Å²) < 4.78 is 5.31. The number of nitrogens with one attached hydrogen (secondary N) is 1. The lowest BCUT2D eigenvalue weighted by Gasteiger charge is -2.28. The van der Waals surface area contributed by atoms with Crippen LogP contribution in [0.2, 0.25) is 0 Å². The highest BCUT2D eigenvalue weighted by Gasteiger charge is 2.46. The normalized spacial score (nSPS) is 25.0. The van der Waals surface area contributed by atoms with Crippen LogP contribution in [0.25, 0.3) is 0 Å². The van der Waals surface area contributed by atoms with E-state index >= 15 is 0 Å². The summed E-state index contributed by atoms with van der Waals surface area (Å²) in [6.07, 6.45) is 3.80. The van der Waals surface area contributed by atoms with E-state index in [0.717, 1.165) is 32.2 Å². The van der Waals surface area contributed by atoms with Crippen molar-refractivity contribution in [3.63, 3.8) is 0 Å². The molecule has 0 spiro atoms. The van der Waals surface area contributed by atoms with Gasteiger partial charge >= 0.3 is 5.97 Å². The average molecular weight is 307 g/mol.